The fourth-order valence-corrected chi connectivity index (χ4v) is 2.59. The quantitative estimate of drug-likeness (QED) is 0.694. The highest BCUT2D eigenvalue weighted by molar-refractivity contribution is 7.85. The second-order valence-corrected chi connectivity index (χ2v) is 5.04. The van der Waals surface area contributed by atoms with Crippen molar-refractivity contribution in [2.75, 3.05) is 29.5 Å². The maximum atomic E-state index is 11.2. The minimum Gasteiger partial charge on any atom is -0.368 e. The topological polar surface area (TPSA) is 57.0 Å². The average molecular weight is 221 g/mol. The summed E-state index contributed by atoms with van der Waals surface area (Å²) in [6, 6.07) is 5.58. The van der Waals surface area contributed by atoms with Gasteiger partial charge < -0.3 is 4.90 Å². The first-order valence-electron chi connectivity index (χ1n) is 4.75. The molecule has 0 radical (unpaired) electrons. The molecule has 0 saturated carbocycles. The van der Waals surface area contributed by atoms with Crippen molar-refractivity contribution in [2.24, 2.45) is 0 Å². The summed E-state index contributed by atoms with van der Waals surface area (Å²) in [5.41, 5.74) is 1.44. The fraction of sp³-hybridized carbons (Fsp3) is 0.400. The molecule has 15 heavy (non-hydrogen) atoms. The zero-order chi connectivity index (χ0) is 10.7. The van der Waals surface area contributed by atoms with E-state index in [1.807, 2.05) is 12.1 Å². The third kappa shape index (κ3) is 2.34. The Morgan fingerprint density at radius 1 is 1.40 bits per heavy atom. The van der Waals surface area contributed by atoms with Crippen molar-refractivity contribution in [3.8, 4) is 6.07 Å². The van der Waals surface area contributed by atoms with Gasteiger partial charge in [-0.25, -0.2) is 4.98 Å². The maximum absolute atomic E-state index is 11.2. The number of aromatic nitrogens is 1. The molecule has 2 heterocycles. The van der Waals surface area contributed by atoms with Crippen LogP contribution in [0.3, 0.4) is 0 Å². The molecule has 0 atom stereocenters. The number of hydrogen-bond donors (Lipinski definition) is 0. The molecule has 1 fully saturated rings. The van der Waals surface area contributed by atoms with Gasteiger partial charge in [0.2, 0.25) is 0 Å². The highest BCUT2D eigenvalue weighted by atomic mass is 32.2. The van der Waals surface area contributed by atoms with Gasteiger partial charge in [0.05, 0.1) is 11.9 Å². The van der Waals surface area contributed by atoms with Crippen LogP contribution in [0.4, 0.5) is 5.69 Å². The van der Waals surface area contributed by atoms with Gasteiger partial charge in [-0.1, -0.05) is 0 Å². The van der Waals surface area contributed by atoms with E-state index < -0.39 is 10.8 Å². The second-order valence-electron chi connectivity index (χ2n) is 3.35. The van der Waals surface area contributed by atoms with E-state index in [4.69, 9.17) is 5.26 Å². The molecule has 5 heteroatoms. The first kappa shape index (κ1) is 10.1. The molecular weight excluding hydrogens is 210 g/mol. The summed E-state index contributed by atoms with van der Waals surface area (Å²) in [5.74, 6) is 1.44. The summed E-state index contributed by atoms with van der Waals surface area (Å²) < 4.78 is 11.2. The highest BCUT2D eigenvalue weighted by Crippen LogP contribution is 2.14. The standard InChI is InChI=1S/C10H11N3OS/c11-7-9-1-2-10(8-12-9)13-3-5-15(14)6-4-13/h1-2,8H,3-6H2. The highest BCUT2D eigenvalue weighted by Gasteiger charge is 2.15. The zero-order valence-corrected chi connectivity index (χ0v) is 9.04. The number of nitrogens with zero attached hydrogens (tertiary/aromatic N) is 3. The van der Waals surface area contributed by atoms with Crippen molar-refractivity contribution >= 4 is 16.5 Å². The van der Waals surface area contributed by atoms with E-state index in [1.54, 1.807) is 12.3 Å². The van der Waals surface area contributed by atoms with Gasteiger partial charge in [0.25, 0.3) is 0 Å². The summed E-state index contributed by atoms with van der Waals surface area (Å²) in [6.45, 7) is 1.61. The molecule has 0 bridgehead atoms. The molecule has 0 aliphatic carbocycles. The molecule has 1 aromatic heterocycles. The van der Waals surface area contributed by atoms with E-state index in [-0.39, 0.29) is 0 Å². The summed E-state index contributed by atoms with van der Waals surface area (Å²) in [7, 11) is -0.655. The number of nitriles is 1. The van der Waals surface area contributed by atoms with E-state index in [9.17, 15) is 4.21 Å². The molecule has 0 unspecified atom stereocenters. The van der Waals surface area contributed by atoms with E-state index in [1.165, 1.54) is 0 Å². The van der Waals surface area contributed by atoms with Gasteiger partial charge in [0.1, 0.15) is 11.8 Å². The second kappa shape index (κ2) is 4.41. The molecule has 2 rings (SSSR count). The third-order valence-corrected chi connectivity index (χ3v) is 3.68. The Hall–Kier alpha value is -1.41. The van der Waals surface area contributed by atoms with E-state index >= 15 is 0 Å². The smallest absolute Gasteiger partial charge is 0.140 e. The predicted molar refractivity (Wildman–Crippen MR) is 59.0 cm³/mol. The lowest BCUT2D eigenvalue weighted by Crippen LogP contribution is -2.37. The molecule has 1 saturated heterocycles. The van der Waals surface area contributed by atoms with Gasteiger partial charge in [-0.2, -0.15) is 5.26 Å². The van der Waals surface area contributed by atoms with E-state index in [0.717, 1.165) is 30.3 Å². The monoisotopic (exact) mass is 221 g/mol. The third-order valence-electron chi connectivity index (χ3n) is 2.41. The van der Waals surface area contributed by atoms with Crippen molar-refractivity contribution in [1.82, 2.24) is 4.98 Å². The van der Waals surface area contributed by atoms with E-state index in [0.29, 0.717) is 5.69 Å². The van der Waals surface area contributed by atoms with E-state index in [2.05, 4.69) is 9.88 Å². The molecular formula is C10H11N3OS. The van der Waals surface area contributed by atoms with Crippen LogP contribution in [0.1, 0.15) is 5.69 Å². The molecule has 4 nitrogen and oxygen atoms in total. The largest absolute Gasteiger partial charge is 0.368 e. The van der Waals surface area contributed by atoms with Crippen LogP contribution >= 0.6 is 0 Å². The van der Waals surface area contributed by atoms with Crippen LogP contribution in [0.25, 0.3) is 0 Å². The SMILES string of the molecule is N#Cc1ccc(N2CCS(=O)CC2)cn1. The fourth-order valence-electron chi connectivity index (χ4n) is 1.54. The molecule has 1 aromatic rings. The Kier molecular flexibility index (Phi) is 2.97. The van der Waals surface area contributed by atoms with Gasteiger partial charge in [-0.15, -0.1) is 0 Å². The van der Waals surface area contributed by atoms with Crippen LogP contribution in [0.15, 0.2) is 18.3 Å². The molecule has 1 aliphatic heterocycles. The number of pyridine rings is 1. The lowest BCUT2D eigenvalue weighted by molar-refractivity contribution is 0.673. The van der Waals surface area contributed by atoms with Crippen molar-refractivity contribution in [2.45, 2.75) is 0 Å². The molecule has 0 amide bonds. The Balaban J connectivity index is 2.10. The number of anilines is 1. The summed E-state index contributed by atoms with van der Waals surface area (Å²) in [6.07, 6.45) is 1.70. The Morgan fingerprint density at radius 2 is 2.13 bits per heavy atom. The number of rotatable bonds is 1. The molecule has 0 spiro atoms. The minimum atomic E-state index is -0.655. The molecule has 78 valence electrons. The van der Waals surface area contributed by atoms with Crippen molar-refractivity contribution < 1.29 is 4.21 Å². The minimum absolute atomic E-state index is 0.430. The van der Waals surface area contributed by atoms with Crippen LogP contribution in [0.5, 0.6) is 0 Å². The van der Waals surface area contributed by atoms with Crippen LogP contribution < -0.4 is 4.90 Å². The van der Waals surface area contributed by atoms with Crippen LogP contribution in [0, 0.1) is 11.3 Å². The molecule has 1 aliphatic rings. The van der Waals surface area contributed by atoms with Gasteiger partial charge in [-0.05, 0) is 12.1 Å². The average Bonchev–Trinajstić information content (AvgIpc) is 2.30. The Bertz CT molecular complexity index is 400. The normalized spacial score (nSPS) is 17.4. The Morgan fingerprint density at radius 3 is 2.67 bits per heavy atom. The number of hydrogen-bond acceptors (Lipinski definition) is 4. The van der Waals surface area contributed by atoms with Gasteiger partial charge in [0.15, 0.2) is 0 Å². The van der Waals surface area contributed by atoms with Gasteiger partial charge in [-0.3, -0.25) is 4.21 Å². The maximum Gasteiger partial charge on any atom is 0.140 e. The molecule has 0 aromatic carbocycles. The first-order valence-corrected chi connectivity index (χ1v) is 6.24. The molecule has 0 N–H and O–H groups in total. The summed E-state index contributed by atoms with van der Waals surface area (Å²) >= 11 is 0. The van der Waals surface area contributed by atoms with Gasteiger partial charge >= 0.3 is 0 Å². The first-order chi connectivity index (χ1) is 7.29. The van der Waals surface area contributed by atoms with Crippen molar-refractivity contribution in [3.05, 3.63) is 24.0 Å². The van der Waals surface area contributed by atoms with Crippen LogP contribution in [0.2, 0.25) is 0 Å². The van der Waals surface area contributed by atoms with Crippen molar-refractivity contribution in [1.29, 1.82) is 5.26 Å². The van der Waals surface area contributed by atoms with Crippen LogP contribution in [-0.4, -0.2) is 33.8 Å². The van der Waals surface area contributed by atoms with Crippen molar-refractivity contribution in [3.63, 3.8) is 0 Å². The van der Waals surface area contributed by atoms with Crippen LogP contribution in [-0.2, 0) is 10.8 Å². The Labute approximate surface area is 91.0 Å². The lowest BCUT2D eigenvalue weighted by atomic mass is 10.3. The zero-order valence-electron chi connectivity index (χ0n) is 8.22. The summed E-state index contributed by atoms with van der Waals surface area (Å²) in [4.78, 5) is 6.16. The summed E-state index contributed by atoms with van der Waals surface area (Å²) in [5, 5.41) is 8.61. The van der Waals surface area contributed by atoms with Gasteiger partial charge in [0, 0.05) is 35.4 Å². The predicted octanol–water partition coefficient (Wildman–Crippen LogP) is 0.522. The lowest BCUT2D eigenvalue weighted by Gasteiger charge is -2.27.